The Morgan fingerprint density at radius 3 is 2.48 bits per heavy atom. The highest BCUT2D eigenvalue weighted by Crippen LogP contribution is 2.41. The van der Waals surface area contributed by atoms with Crippen LogP contribution in [-0.2, 0) is 0 Å². The first-order valence-electron chi connectivity index (χ1n) is 7.18. The van der Waals surface area contributed by atoms with E-state index >= 15 is 0 Å². The fraction of sp³-hybridized carbons (Fsp3) is 0.353. The minimum atomic E-state index is 0.0285. The number of amides is 1. The number of ether oxygens (including phenoxy) is 1. The highest BCUT2D eigenvalue weighted by molar-refractivity contribution is 7.13. The van der Waals surface area contributed by atoms with Crippen LogP contribution in [0.2, 0.25) is 0 Å². The normalized spacial score (nSPS) is 15.5. The van der Waals surface area contributed by atoms with Crippen LogP contribution < -0.4 is 10.1 Å². The molecular weight excluding hydrogens is 282 g/mol. The van der Waals surface area contributed by atoms with E-state index in [9.17, 15) is 4.79 Å². The third kappa shape index (κ3) is 3.27. The monoisotopic (exact) mass is 301 g/mol. The van der Waals surface area contributed by atoms with E-state index in [-0.39, 0.29) is 11.9 Å². The first-order chi connectivity index (χ1) is 10.2. The van der Waals surface area contributed by atoms with Crippen LogP contribution in [0.1, 0.15) is 39.0 Å². The smallest absolute Gasteiger partial charge is 0.261 e. The molecule has 0 spiro atoms. The number of rotatable bonds is 5. The van der Waals surface area contributed by atoms with Gasteiger partial charge in [-0.3, -0.25) is 4.79 Å². The largest absolute Gasteiger partial charge is 0.497 e. The van der Waals surface area contributed by atoms with Crippen LogP contribution in [0.25, 0.3) is 0 Å². The van der Waals surface area contributed by atoms with Crippen LogP contribution in [0.15, 0.2) is 36.4 Å². The number of hydrogen-bond acceptors (Lipinski definition) is 3. The van der Waals surface area contributed by atoms with E-state index < -0.39 is 0 Å². The molecule has 1 aromatic carbocycles. The number of carbonyl (C=O) groups excluding carboxylic acids is 1. The summed E-state index contributed by atoms with van der Waals surface area (Å²) >= 11 is 1.54. The molecule has 1 fully saturated rings. The van der Waals surface area contributed by atoms with Gasteiger partial charge in [0.05, 0.1) is 18.0 Å². The SMILES string of the molecule is COc1ccc(C(NC(=O)c2ccc(C)s2)C2CC2)cc1. The number of carbonyl (C=O) groups is 1. The molecule has 4 heteroatoms. The zero-order chi connectivity index (χ0) is 14.8. The van der Waals surface area contributed by atoms with Gasteiger partial charge in [-0.2, -0.15) is 0 Å². The molecular formula is C17H19NO2S. The molecule has 2 aromatic rings. The van der Waals surface area contributed by atoms with Crippen molar-refractivity contribution in [2.75, 3.05) is 7.11 Å². The molecule has 0 saturated heterocycles. The molecule has 1 aliphatic rings. The number of hydrogen-bond donors (Lipinski definition) is 1. The second kappa shape index (κ2) is 5.90. The van der Waals surface area contributed by atoms with Crippen molar-refractivity contribution in [2.24, 2.45) is 5.92 Å². The van der Waals surface area contributed by atoms with Gasteiger partial charge in [-0.1, -0.05) is 12.1 Å². The van der Waals surface area contributed by atoms with Crippen molar-refractivity contribution < 1.29 is 9.53 Å². The number of methoxy groups -OCH3 is 1. The highest BCUT2D eigenvalue weighted by Gasteiger charge is 2.33. The molecule has 1 N–H and O–H groups in total. The summed E-state index contributed by atoms with van der Waals surface area (Å²) in [5, 5.41) is 3.19. The van der Waals surface area contributed by atoms with Crippen molar-refractivity contribution in [3.05, 3.63) is 51.7 Å². The van der Waals surface area contributed by atoms with E-state index in [2.05, 4.69) is 5.32 Å². The van der Waals surface area contributed by atoms with Gasteiger partial charge in [-0.25, -0.2) is 0 Å². The molecule has 0 aliphatic heterocycles. The van der Waals surface area contributed by atoms with Crippen molar-refractivity contribution in [3.63, 3.8) is 0 Å². The maximum Gasteiger partial charge on any atom is 0.261 e. The lowest BCUT2D eigenvalue weighted by Gasteiger charge is -2.18. The molecule has 1 aliphatic carbocycles. The Morgan fingerprint density at radius 1 is 1.24 bits per heavy atom. The van der Waals surface area contributed by atoms with E-state index in [1.54, 1.807) is 7.11 Å². The molecule has 3 rings (SSSR count). The first kappa shape index (κ1) is 14.1. The predicted octanol–water partition coefficient (Wildman–Crippen LogP) is 3.95. The summed E-state index contributed by atoms with van der Waals surface area (Å²) in [7, 11) is 1.66. The summed E-state index contributed by atoms with van der Waals surface area (Å²) in [4.78, 5) is 14.3. The van der Waals surface area contributed by atoms with Gasteiger partial charge in [-0.15, -0.1) is 11.3 Å². The second-order valence-electron chi connectivity index (χ2n) is 5.47. The number of nitrogens with one attached hydrogen (secondary N) is 1. The first-order valence-corrected chi connectivity index (χ1v) is 8.00. The molecule has 3 nitrogen and oxygen atoms in total. The minimum Gasteiger partial charge on any atom is -0.497 e. The lowest BCUT2D eigenvalue weighted by atomic mass is 10.0. The fourth-order valence-corrected chi connectivity index (χ4v) is 3.25. The van der Waals surface area contributed by atoms with Crippen LogP contribution in [0.3, 0.4) is 0 Å². The van der Waals surface area contributed by atoms with E-state index in [1.165, 1.54) is 24.2 Å². The molecule has 1 aromatic heterocycles. The van der Waals surface area contributed by atoms with Gasteiger partial charge in [0.25, 0.3) is 5.91 Å². The van der Waals surface area contributed by atoms with Crippen LogP contribution >= 0.6 is 11.3 Å². The Hall–Kier alpha value is -1.81. The van der Waals surface area contributed by atoms with Gasteiger partial charge in [0.2, 0.25) is 0 Å². The maximum absolute atomic E-state index is 12.4. The molecule has 1 saturated carbocycles. The standard InChI is InChI=1S/C17H19NO2S/c1-11-3-10-15(21-11)17(19)18-16(12-4-5-12)13-6-8-14(20-2)9-7-13/h3,6-10,12,16H,4-5H2,1-2H3,(H,18,19). The second-order valence-corrected chi connectivity index (χ2v) is 6.76. The Bertz CT molecular complexity index is 628. The van der Waals surface area contributed by atoms with Crippen molar-refractivity contribution in [1.29, 1.82) is 0 Å². The lowest BCUT2D eigenvalue weighted by molar-refractivity contribution is 0.0936. The molecule has 110 valence electrons. The Balaban J connectivity index is 1.76. The maximum atomic E-state index is 12.4. The fourth-order valence-electron chi connectivity index (χ4n) is 2.48. The Labute approximate surface area is 129 Å². The highest BCUT2D eigenvalue weighted by atomic mass is 32.1. The molecule has 1 atom stereocenters. The van der Waals surface area contributed by atoms with Gasteiger partial charge in [0, 0.05) is 4.88 Å². The predicted molar refractivity (Wildman–Crippen MR) is 85.0 cm³/mol. The van der Waals surface area contributed by atoms with Gasteiger partial charge >= 0.3 is 0 Å². The van der Waals surface area contributed by atoms with Crippen molar-refractivity contribution in [2.45, 2.75) is 25.8 Å². The summed E-state index contributed by atoms with van der Waals surface area (Å²) in [5.41, 5.74) is 1.15. The summed E-state index contributed by atoms with van der Waals surface area (Å²) in [6, 6.07) is 12.0. The van der Waals surface area contributed by atoms with Crippen LogP contribution in [0, 0.1) is 12.8 Å². The number of aryl methyl sites for hydroxylation is 1. The molecule has 21 heavy (non-hydrogen) atoms. The van der Waals surface area contributed by atoms with Crippen LogP contribution in [0.5, 0.6) is 5.75 Å². The van der Waals surface area contributed by atoms with Gasteiger partial charge in [0.15, 0.2) is 0 Å². The van der Waals surface area contributed by atoms with Crippen molar-refractivity contribution in [3.8, 4) is 5.75 Å². The molecule has 1 amide bonds. The summed E-state index contributed by atoms with van der Waals surface area (Å²) < 4.78 is 5.19. The van der Waals surface area contributed by atoms with Gasteiger partial charge < -0.3 is 10.1 Å². The van der Waals surface area contributed by atoms with Gasteiger partial charge in [0.1, 0.15) is 5.75 Å². The van der Waals surface area contributed by atoms with E-state index in [1.807, 2.05) is 43.3 Å². The zero-order valence-electron chi connectivity index (χ0n) is 12.3. The third-order valence-corrected chi connectivity index (χ3v) is 4.82. The molecule has 1 unspecified atom stereocenters. The third-order valence-electron chi connectivity index (χ3n) is 3.82. The average molecular weight is 301 g/mol. The Kier molecular flexibility index (Phi) is 3.97. The molecule has 0 bridgehead atoms. The van der Waals surface area contributed by atoms with Gasteiger partial charge in [-0.05, 0) is 55.5 Å². The van der Waals surface area contributed by atoms with Crippen LogP contribution in [-0.4, -0.2) is 13.0 Å². The minimum absolute atomic E-state index is 0.0285. The zero-order valence-corrected chi connectivity index (χ0v) is 13.1. The van der Waals surface area contributed by atoms with E-state index in [0.717, 1.165) is 21.1 Å². The average Bonchev–Trinajstić information content (AvgIpc) is 3.25. The lowest BCUT2D eigenvalue weighted by Crippen LogP contribution is -2.29. The van der Waals surface area contributed by atoms with E-state index in [0.29, 0.717) is 5.92 Å². The summed E-state index contributed by atoms with van der Waals surface area (Å²) in [6.45, 7) is 2.02. The molecule has 0 radical (unpaired) electrons. The van der Waals surface area contributed by atoms with Crippen molar-refractivity contribution in [1.82, 2.24) is 5.32 Å². The summed E-state index contributed by atoms with van der Waals surface area (Å²) in [5.74, 6) is 1.43. The van der Waals surface area contributed by atoms with Crippen LogP contribution in [0.4, 0.5) is 0 Å². The van der Waals surface area contributed by atoms with E-state index in [4.69, 9.17) is 4.74 Å². The topological polar surface area (TPSA) is 38.3 Å². The summed E-state index contributed by atoms with van der Waals surface area (Å²) in [6.07, 6.45) is 2.36. The quantitative estimate of drug-likeness (QED) is 0.908. The number of thiophene rings is 1. The van der Waals surface area contributed by atoms with Crippen molar-refractivity contribution >= 4 is 17.2 Å². The molecule has 1 heterocycles. The number of benzene rings is 1. The Morgan fingerprint density at radius 2 is 1.95 bits per heavy atom.